The first-order valence-corrected chi connectivity index (χ1v) is 5.12. The van der Waals surface area contributed by atoms with Crippen molar-refractivity contribution in [3.05, 3.63) is 29.3 Å². The maximum atomic E-state index is 12.1. The molecule has 0 aromatic heterocycles. The van der Waals surface area contributed by atoms with Crippen molar-refractivity contribution in [2.45, 2.75) is 19.5 Å². The van der Waals surface area contributed by atoms with Crippen LogP contribution in [0.1, 0.15) is 17.5 Å². The number of alkyl halides is 3. The maximum Gasteiger partial charge on any atom is 0.390 e. The predicted molar refractivity (Wildman–Crippen MR) is 59.8 cm³/mol. The summed E-state index contributed by atoms with van der Waals surface area (Å²) in [5.74, 6) is 0. The van der Waals surface area contributed by atoms with E-state index in [9.17, 15) is 13.2 Å². The number of rotatable bonds is 3. The van der Waals surface area contributed by atoms with E-state index in [2.05, 4.69) is 0 Å². The summed E-state index contributed by atoms with van der Waals surface area (Å²) in [5.41, 5.74) is 1.99. The standard InChI is InChI=1S/C12H13F3N2/c1-9-7-11(4-3-10(9)8-16)17(2)6-5-12(13,14)15/h3-4,7H,5-6H2,1-2H3. The van der Waals surface area contributed by atoms with E-state index in [-0.39, 0.29) is 6.54 Å². The quantitative estimate of drug-likeness (QED) is 0.813. The molecule has 0 spiro atoms. The van der Waals surface area contributed by atoms with Crippen molar-refractivity contribution in [2.75, 3.05) is 18.5 Å². The van der Waals surface area contributed by atoms with Crippen LogP contribution < -0.4 is 4.90 Å². The third-order valence-corrected chi connectivity index (χ3v) is 2.50. The number of hydrogen-bond donors (Lipinski definition) is 0. The summed E-state index contributed by atoms with van der Waals surface area (Å²) >= 11 is 0. The molecule has 0 saturated heterocycles. The molecular weight excluding hydrogens is 229 g/mol. The molecule has 0 unspecified atom stereocenters. The normalized spacial score (nSPS) is 11.1. The van der Waals surface area contributed by atoms with Crippen molar-refractivity contribution in [3.63, 3.8) is 0 Å². The van der Waals surface area contributed by atoms with Crippen molar-refractivity contribution < 1.29 is 13.2 Å². The van der Waals surface area contributed by atoms with Gasteiger partial charge in [0.05, 0.1) is 18.1 Å². The first kappa shape index (κ1) is 13.4. The summed E-state index contributed by atoms with van der Waals surface area (Å²) in [7, 11) is 1.60. The second-order valence-corrected chi connectivity index (χ2v) is 3.90. The van der Waals surface area contributed by atoms with Gasteiger partial charge in [0.1, 0.15) is 0 Å². The van der Waals surface area contributed by atoms with Gasteiger partial charge in [-0.15, -0.1) is 0 Å². The van der Waals surface area contributed by atoms with E-state index in [1.807, 2.05) is 6.07 Å². The summed E-state index contributed by atoms with van der Waals surface area (Å²) in [6, 6.07) is 7.01. The Kier molecular flexibility index (Phi) is 4.00. The molecule has 17 heavy (non-hydrogen) atoms. The molecule has 0 amide bonds. The van der Waals surface area contributed by atoms with Crippen LogP contribution in [0.5, 0.6) is 0 Å². The van der Waals surface area contributed by atoms with Crippen LogP contribution in [0.2, 0.25) is 0 Å². The maximum absolute atomic E-state index is 12.1. The van der Waals surface area contributed by atoms with Crippen LogP contribution >= 0.6 is 0 Å². The highest BCUT2D eigenvalue weighted by atomic mass is 19.4. The fraction of sp³-hybridized carbons (Fsp3) is 0.417. The summed E-state index contributed by atoms with van der Waals surface area (Å²) in [6.45, 7) is 1.68. The zero-order valence-corrected chi connectivity index (χ0v) is 9.67. The second-order valence-electron chi connectivity index (χ2n) is 3.90. The van der Waals surface area contributed by atoms with Gasteiger partial charge in [0.15, 0.2) is 0 Å². The van der Waals surface area contributed by atoms with Crippen LogP contribution in [0.25, 0.3) is 0 Å². The third kappa shape index (κ3) is 3.99. The van der Waals surface area contributed by atoms with E-state index in [1.165, 1.54) is 4.90 Å². The summed E-state index contributed by atoms with van der Waals surface area (Å²) < 4.78 is 36.2. The molecule has 0 bridgehead atoms. The molecule has 0 N–H and O–H groups in total. The van der Waals surface area contributed by atoms with E-state index < -0.39 is 12.6 Å². The number of aryl methyl sites for hydroxylation is 1. The fourth-order valence-corrected chi connectivity index (χ4v) is 1.43. The summed E-state index contributed by atoms with van der Waals surface area (Å²) in [4.78, 5) is 1.53. The summed E-state index contributed by atoms with van der Waals surface area (Å²) in [5, 5.41) is 8.75. The average molecular weight is 242 g/mol. The lowest BCUT2D eigenvalue weighted by Gasteiger charge is -2.20. The Labute approximate surface area is 98.3 Å². The molecule has 0 radical (unpaired) electrons. The molecule has 1 aromatic carbocycles. The summed E-state index contributed by atoms with van der Waals surface area (Å²) in [6.07, 6.45) is -4.99. The first-order valence-electron chi connectivity index (χ1n) is 5.12. The largest absolute Gasteiger partial charge is 0.390 e. The molecule has 0 aliphatic heterocycles. The average Bonchev–Trinajstić information content (AvgIpc) is 2.24. The van der Waals surface area contributed by atoms with E-state index in [4.69, 9.17) is 5.26 Å². The molecule has 0 aliphatic carbocycles. The number of nitrogens with zero attached hydrogens (tertiary/aromatic N) is 2. The lowest BCUT2D eigenvalue weighted by Crippen LogP contribution is -2.24. The van der Waals surface area contributed by atoms with E-state index in [1.54, 1.807) is 32.2 Å². The number of hydrogen-bond acceptors (Lipinski definition) is 2. The minimum Gasteiger partial charge on any atom is -0.374 e. The highest BCUT2D eigenvalue weighted by Crippen LogP contribution is 2.22. The minimum atomic E-state index is -4.14. The van der Waals surface area contributed by atoms with Gasteiger partial charge >= 0.3 is 6.18 Å². The van der Waals surface area contributed by atoms with Gasteiger partial charge in [-0.1, -0.05) is 0 Å². The number of benzene rings is 1. The molecule has 0 aliphatic rings. The van der Waals surface area contributed by atoms with Crippen LogP contribution in [0.3, 0.4) is 0 Å². The number of halogens is 3. The minimum absolute atomic E-state index is 0.0885. The molecule has 2 nitrogen and oxygen atoms in total. The van der Waals surface area contributed by atoms with Crippen LogP contribution in [-0.2, 0) is 0 Å². The Bertz CT molecular complexity index is 432. The van der Waals surface area contributed by atoms with Gasteiger partial charge in [0.25, 0.3) is 0 Å². The van der Waals surface area contributed by atoms with Gasteiger partial charge in [-0.3, -0.25) is 0 Å². The van der Waals surface area contributed by atoms with Gasteiger partial charge < -0.3 is 4.90 Å². The van der Waals surface area contributed by atoms with Crippen molar-refractivity contribution in [1.82, 2.24) is 0 Å². The van der Waals surface area contributed by atoms with Crippen LogP contribution in [-0.4, -0.2) is 19.8 Å². The highest BCUT2D eigenvalue weighted by Gasteiger charge is 2.27. The predicted octanol–water partition coefficient (Wildman–Crippen LogP) is 3.26. The molecule has 0 saturated carbocycles. The van der Waals surface area contributed by atoms with Gasteiger partial charge in [0.2, 0.25) is 0 Å². The van der Waals surface area contributed by atoms with Crippen molar-refractivity contribution in [3.8, 4) is 6.07 Å². The van der Waals surface area contributed by atoms with E-state index in [0.717, 1.165) is 5.56 Å². The number of anilines is 1. The molecular formula is C12H13F3N2. The smallest absolute Gasteiger partial charge is 0.374 e. The Morgan fingerprint density at radius 3 is 2.47 bits per heavy atom. The molecule has 1 aromatic rings. The van der Waals surface area contributed by atoms with E-state index in [0.29, 0.717) is 11.3 Å². The second kappa shape index (κ2) is 5.09. The van der Waals surface area contributed by atoms with Crippen molar-refractivity contribution in [2.24, 2.45) is 0 Å². The van der Waals surface area contributed by atoms with Crippen LogP contribution in [0.4, 0.5) is 18.9 Å². The molecule has 0 heterocycles. The lowest BCUT2D eigenvalue weighted by molar-refractivity contribution is -0.132. The van der Waals surface area contributed by atoms with Gasteiger partial charge in [-0.05, 0) is 30.7 Å². The molecule has 0 atom stereocenters. The topological polar surface area (TPSA) is 27.0 Å². The van der Waals surface area contributed by atoms with E-state index >= 15 is 0 Å². The molecule has 0 fully saturated rings. The number of nitriles is 1. The van der Waals surface area contributed by atoms with Crippen LogP contribution in [0.15, 0.2) is 18.2 Å². The third-order valence-electron chi connectivity index (χ3n) is 2.50. The molecule has 92 valence electrons. The Morgan fingerprint density at radius 1 is 1.35 bits per heavy atom. The van der Waals surface area contributed by atoms with Crippen LogP contribution in [0, 0.1) is 18.3 Å². The zero-order chi connectivity index (χ0) is 13.1. The van der Waals surface area contributed by atoms with Gasteiger partial charge in [-0.25, -0.2) is 0 Å². The fourth-order valence-electron chi connectivity index (χ4n) is 1.43. The van der Waals surface area contributed by atoms with Crippen molar-refractivity contribution in [1.29, 1.82) is 5.26 Å². The molecule has 1 rings (SSSR count). The van der Waals surface area contributed by atoms with Crippen molar-refractivity contribution >= 4 is 5.69 Å². The monoisotopic (exact) mass is 242 g/mol. The zero-order valence-electron chi connectivity index (χ0n) is 9.67. The highest BCUT2D eigenvalue weighted by molar-refractivity contribution is 5.52. The Hall–Kier alpha value is -1.70. The Morgan fingerprint density at radius 2 is 2.00 bits per heavy atom. The first-order chi connectivity index (χ1) is 7.83. The lowest BCUT2D eigenvalue weighted by atomic mass is 10.1. The van der Waals surface area contributed by atoms with Gasteiger partial charge in [0, 0.05) is 19.3 Å². The van der Waals surface area contributed by atoms with Gasteiger partial charge in [-0.2, -0.15) is 18.4 Å². The Balaban J connectivity index is 2.74. The molecule has 5 heteroatoms. The SMILES string of the molecule is Cc1cc(N(C)CCC(F)(F)F)ccc1C#N.